The summed E-state index contributed by atoms with van der Waals surface area (Å²) in [4.78, 5) is 27.5. The van der Waals surface area contributed by atoms with Gasteiger partial charge in [-0.05, 0) is 53.4 Å². The van der Waals surface area contributed by atoms with E-state index in [1.807, 2.05) is 6.07 Å². The van der Waals surface area contributed by atoms with E-state index in [1.54, 1.807) is 35.2 Å². The number of benzene rings is 3. The summed E-state index contributed by atoms with van der Waals surface area (Å²) in [6.45, 7) is 0.701. The molecule has 0 bridgehead atoms. The minimum absolute atomic E-state index is 0.0852. The highest BCUT2D eigenvalue weighted by molar-refractivity contribution is 6.34. The van der Waals surface area contributed by atoms with Crippen LogP contribution in [0.4, 0.5) is 23.2 Å². The van der Waals surface area contributed by atoms with Crippen molar-refractivity contribution < 1.29 is 36.6 Å². The predicted octanol–water partition coefficient (Wildman–Crippen LogP) is 5.40. The summed E-state index contributed by atoms with van der Waals surface area (Å²) in [7, 11) is 0. The van der Waals surface area contributed by atoms with Crippen molar-refractivity contribution in [3.8, 4) is 11.5 Å². The van der Waals surface area contributed by atoms with E-state index in [1.165, 1.54) is 0 Å². The van der Waals surface area contributed by atoms with E-state index in [0.717, 1.165) is 17.2 Å². The Morgan fingerprint density at radius 3 is 2.58 bits per heavy atom. The van der Waals surface area contributed by atoms with E-state index in [2.05, 4.69) is 5.32 Å². The van der Waals surface area contributed by atoms with Gasteiger partial charge >= 0.3 is 6.18 Å². The highest BCUT2D eigenvalue weighted by Crippen LogP contribution is 2.35. The molecule has 0 saturated heterocycles. The lowest BCUT2D eigenvalue weighted by Crippen LogP contribution is -2.48. The van der Waals surface area contributed by atoms with Crippen LogP contribution < -0.4 is 14.8 Å². The Kier molecular flexibility index (Phi) is 6.92. The second-order valence-electron chi connectivity index (χ2n) is 8.97. The van der Waals surface area contributed by atoms with E-state index in [0.29, 0.717) is 42.3 Å². The van der Waals surface area contributed by atoms with Crippen LogP contribution in [-0.4, -0.2) is 36.0 Å². The molecule has 1 N–H and O–H groups in total. The summed E-state index contributed by atoms with van der Waals surface area (Å²) < 4.78 is 63.8. The van der Waals surface area contributed by atoms with Gasteiger partial charge in [0.15, 0.2) is 11.5 Å². The van der Waals surface area contributed by atoms with Crippen LogP contribution in [0.15, 0.2) is 54.6 Å². The van der Waals surface area contributed by atoms with Crippen molar-refractivity contribution in [1.29, 1.82) is 0 Å². The van der Waals surface area contributed by atoms with Crippen LogP contribution in [-0.2, 0) is 35.2 Å². The van der Waals surface area contributed by atoms with E-state index >= 15 is 0 Å². The summed E-state index contributed by atoms with van der Waals surface area (Å²) in [5, 5.41) is 2.98. The third-order valence-corrected chi connectivity index (χ3v) is 6.73. The molecule has 0 saturated carbocycles. The Labute approximate surface area is 220 Å². The lowest BCUT2D eigenvalue weighted by molar-refractivity contribution is -0.142. The van der Waals surface area contributed by atoms with Crippen molar-refractivity contribution in [2.75, 3.05) is 18.5 Å². The Morgan fingerprint density at radius 2 is 1.84 bits per heavy atom. The molecule has 2 amide bonds. The van der Waals surface area contributed by atoms with Crippen LogP contribution in [0.5, 0.6) is 11.5 Å². The molecule has 6 nitrogen and oxygen atoms in total. The van der Waals surface area contributed by atoms with Gasteiger partial charge in [-0.3, -0.25) is 9.59 Å². The predicted molar refractivity (Wildman–Crippen MR) is 131 cm³/mol. The van der Waals surface area contributed by atoms with Crippen LogP contribution in [0.1, 0.15) is 22.3 Å². The maximum absolute atomic E-state index is 13.9. The average Bonchev–Trinajstić information content (AvgIpc) is 2.88. The number of fused-ring (bicyclic) bond motifs is 2. The number of anilines is 1. The first kappa shape index (κ1) is 25.8. The highest BCUT2D eigenvalue weighted by atomic mass is 35.5. The van der Waals surface area contributed by atoms with E-state index < -0.39 is 29.6 Å². The number of carbonyl (C=O) groups excluding carboxylic acids is 2. The molecule has 0 spiro atoms. The van der Waals surface area contributed by atoms with Crippen molar-refractivity contribution in [1.82, 2.24) is 4.90 Å². The molecule has 1 unspecified atom stereocenters. The molecule has 5 rings (SSSR count). The Balaban J connectivity index is 1.27. The van der Waals surface area contributed by atoms with Crippen LogP contribution >= 0.6 is 11.6 Å². The lowest BCUT2D eigenvalue weighted by atomic mass is 9.97. The molecule has 1 atom stereocenters. The number of carbonyl (C=O) groups is 2. The van der Waals surface area contributed by atoms with Gasteiger partial charge < -0.3 is 19.7 Å². The van der Waals surface area contributed by atoms with Gasteiger partial charge in [0.2, 0.25) is 12.0 Å². The molecule has 3 aromatic carbocycles. The fourth-order valence-electron chi connectivity index (χ4n) is 4.56. The third-order valence-electron chi connectivity index (χ3n) is 6.42. The van der Waals surface area contributed by atoms with E-state index in [-0.39, 0.29) is 36.1 Å². The van der Waals surface area contributed by atoms with Crippen molar-refractivity contribution >= 4 is 29.1 Å². The monoisotopic (exact) mass is 548 g/mol. The zero-order valence-corrected chi connectivity index (χ0v) is 20.5. The standard InChI is InChI=1S/C27H21ClF4N2O4/c28-19-8-6-16-13-34(26(36)23-14-37-21-3-1-2-4-22(21)38-23)10-9-17(16)25(19)33-24(35)12-15-5-7-18(20(29)11-15)27(30,31)32/h1-8,11,23H,9-10,12-14H2,(H,33,35). The molecule has 2 aliphatic rings. The number of alkyl halides is 3. The van der Waals surface area contributed by atoms with Gasteiger partial charge in [0, 0.05) is 13.1 Å². The van der Waals surface area contributed by atoms with Gasteiger partial charge in [-0.15, -0.1) is 0 Å². The number of rotatable bonds is 4. The van der Waals surface area contributed by atoms with Gasteiger partial charge in [-0.1, -0.05) is 35.9 Å². The molecule has 2 aliphatic heterocycles. The highest BCUT2D eigenvalue weighted by Gasteiger charge is 2.35. The first-order valence-corrected chi connectivity index (χ1v) is 12.1. The Hall–Kier alpha value is -3.79. The summed E-state index contributed by atoms with van der Waals surface area (Å²) in [6.07, 6.45) is -5.56. The number of hydrogen-bond acceptors (Lipinski definition) is 4. The van der Waals surface area contributed by atoms with Crippen molar-refractivity contribution in [2.45, 2.75) is 31.7 Å². The number of para-hydroxylation sites is 2. The molecule has 38 heavy (non-hydrogen) atoms. The molecule has 198 valence electrons. The molecular weight excluding hydrogens is 528 g/mol. The number of ether oxygens (including phenoxy) is 2. The summed E-state index contributed by atoms with van der Waals surface area (Å²) >= 11 is 6.36. The smallest absolute Gasteiger partial charge is 0.419 e. The minimum atomic E-state index is -4.82. The van der Waals surface area contributed by atoms with Crippen molar-refractivity contribution in [2.24, 2.45) is 0 Å². The first-order chi connectivity index (χ1) is 18.1. The van der Waals surface area contributed by atoms with Crippen molar-refractivity contribution in [3.63, 3.8) is 0 Å². The number of amides is 2. The largest absolute Gasteiger partial charge is 0.485 e. The minimum Gasteiger partial charge on any atom is -0.485 e. The Morgan fingerprint density at radius 1 is 1.08 bits per heavy atom. The maximum Gasteiger partial charge on any atom is 0.419 e. The fourth-order valence-corrected chi connectivity index (χ4v) is 4.79. The first-order valence-electron chi connectivity index (χ1n) is 11.7. The number of nitrogens with one attached hydrogen (secondary N) is 1. The molecule has 0 radical (unpaired) electrons. The quantitative estimate of drug-likeness (QED) is 0.443. The second-order valence-corrected chi connectivity index (χ2v) is 9.38. The van der Waals surface area contributed by atoms with Gasteiger partial charge in [0.25, 0.3) is 5.91 Å². The summed E-state index contributed by atoms with van der Waals surface area (Å²) in [5.74, 6) is -1.16. The van der Waals surface area contributed by atoms with Gasteiger partial charge in [0.1, 0.15) is 12.4 Å². The number of hydrogen-bond donors (Lipinski definition) is 1. The zero-order valence-electron chi connectivity index (χ0n) is 19.8. The molecule has 0 fully saturated rings. The zero-order chi connectivity index (χ0) is 27.0. The second kappa shape index (κ2) is 10.2. The Bertz CT molecular complexity index is 1410. The lowest BCUT2D eigenvalue weighted by Gasteiger charge is -2.34. The molecular formula is C27H21ClF4N2O4. The SMILES string of the molecule is O=C(Cc1ccc(C(F)(F)F)c(F)c1)Nc1c(Cl)ccc2c1CCN(C(=O)C1COc3ccccc3O1)C2. The maximum atomic E-state index is 13.9. The molecule has 11 heteroatoms. The number of halogens is 5. The van der Waals surface area contributed by atoms with Crippen LogP contribution in [0, 0.1) is 5.82 Å². The van der Waals surface area contributed by atoms with E-state index in [4.69, 9.17) is 21.1 Å². The van der Waals surface area contributed by atoms with Gasteiger partial charge in [0.05, 0.1) is 22.7 Å². The molecule has 0 aromatic heterocycles. The summed E-state index contributed by atoms with van der Waals surface area (Å²) in [6, 6.07) is 12.8. The normalized spacial score (nSPS) is 16.6. The van der Waals surface area contributed by atoms with Gasteiger partial charge in [-0.25, -0.2) is 4.39 Å². The molecule has 0 aliphatic carbocycles. The fraction of sp³-hybridized carbons (Fsp3) is 0.259. The third kappa shape index (κ3) is 5.26. The molecule has 3 aromatic rings. The topological polar surface area (TPSA) is 67.9 Å². The van der Waals surface area contributed by atoms with Crippen LogP contribution in [0.25, 0.3) is 0 Å². The van der Waals surface area contributed by atoms with Crippen molar-refractivity contribution in [3.05, 3.63) is 87.7 Å². The molecule has 2 heterocycles. The average molecular weight is 549 g/mol. The summed E-state index contributed by atoms with van der Waals surface area (Å²) in [5.41, 5.74) is 0.582. The van der Waals surface area contributed by atoms with Crippen LogP contribution in [0.2, 0.25) is 5.02 Å². The van der Waals surface area contributed by atoms with E-state index in [9.17, 15) is 27.2 Å². The number of nitrogens with zero attached hydrogens (tertiary/aromatic N) is 1. The van der Waals surface area contributed by atoms with Crippen LogP contribution in [0.3, 0.4) is 0 Å². The van der Waals surface area contributed by atoms with Gasteiger partial charge in [-0.2, -0.15) is 13.2 Å².